The number of hydrogen-bond acceptors (Lipinski definition) is 4. The van der Waals surface area contributed by atoms with Crippen molar-refractivity contribution in [2.45, 2.75) is 13.8 Å². The largest absolute Gasteiger partial charge is 0.495 e. The molecule has 0 aliphatic heterocycles. The van der Waals surface area contributed by atoms with Gasteiger partial charge in [0, 0.05) is 10.6 Å². The van der Waals surface area contributed by atoms with Crippen LogP contribution in [0.15, 0.2) is 66.7 Å². The standard InChI is InChI=1S/C24H21ClN4O2/c1-15-7-6-8-17(13-15)23-27-22(24(30)26-20-9-4-5-10-21(20)31-3)28-29(23)18-12-11-16(2)19(25)14-18/h4-14H,1-3H3,(H,26,30). The molecule has 6 nitrogen and oxygen atoms in total. The van der Waals surface area contributed by atoms with E-state index in [1.54, 1.807) is 23.9 Å². The summed E-state index contributed by atoms with van der Waals surface area (Å²) in [6.45, 7) is 3.93. The number of anilines is 1. The number of aromatic nitrogens is 3. The van der Waals surface area contributed by atoms with Gasteiger partial charge in [0.25, 0.3) is 5.91 Å². The second-order valence-electron chi connectivity index (χ2n) is 7.13. The van der Waals surface area contributed by atoms with Gasteiger partial charge in [-0.25, -0.2) is 9.67 Å². The van der Waals surface area contributed by atoms with Gasteiger partial charge < -0.3 is 10.1 Å². The molecule has 31 heavy (non-hydrogen) atoms. The minimum atomic E-state index is -0.435. The van der Waals surface area contributed by atoms with Gasteiger partial charge in [0.05, 0.1) is 18.5 Å². The summed E-state index contributed by atoms with van der Waals surface area (Å²) in [5, 5.41) is 7.94. The van der Waals surface area contributed by atoms with Gasteiger partial charge in [-0.1, -0.05) is 53.6 Å². The molecule has 0 unspecified atom stereocenters. The maximum Gasteiger partial charge on any atom is 0.295 e. The Hall–Kier alpha value is -3.64. The number of carbonyl (C=O) groups excluding carboxylic acids is 1. The molecule has 0 saturated carbocycles. The minimum absolute atomic E-state index is 0.0408. The van der Waals surface area contributed by atoms with Crippen LogP contribution in [0.4, 0.5) is 5.69 Å². The molecule has 0 aliphatic rings. The number of nitrogens with zero attached hydrogens (tertiary/aromatic N) is 3. The van der Waals surface area contributed by atoms with Crippen molar-refractivity contribution in [3.63, 3.8) is 0 Å². The van der Waals surface area contributed by atoms with Crippen molar-refractivity contribution < 1.29 is 9.53 Å². The normalized spacial score (nSPS) is 10.7. The number of rotatable bonds is 5. The Morgan fingerprint density at radius 1 is 1.03 bits per heavy atom. The number of aryl methyl sites for hydroxylation is 2. The zero-order valence-electron chi connectivity index (χ0n) is 17.4. The van der Waals surface area contributed by atoms with E-state index >= 15 is 0 Å². The van der Waals surface area contributed by atoms with Crippen LogP contribution < -0.4 is 10.1 Å². The smallest absolute Gasteiger partial charge is 0.295 e. The lowest BCUT2D eigenvalue weighted by molar-refractivity contribution is 0.101. The first-order valence-electron chi connectivity index (χ1n) is 9.71. The number of halogens is 1. The number of amides is 1. The number of methoxy groups -OCH3 is 1. The van der Waals surface area contributed by atoms with Crippen molar-refractivity contribution >= 4 is 23.2 Å². The van der Waals surface area contributed by atoms with E-state index in [4.69, 9.17) is 16.3 Å². The van der Waals surface area contributed by atoms with Crippen molar-refractivity contribution in [3.05, 3.63) is 88.7 Å². The number of benzene rings is 3. The number of carbonyl (C=O) groups is 1. The van der Waals surface area contributed by atoms with Crippen LogP contribution in [-0.4, -0.2) is 27.8 Å². The van der Waals surface area contributed by atoms with Gasteiger partial charge >= 0.3 is 0 Å². The zero-order valence-corrected chi connectivity index (χ0v) is 18.1. The first-order chi connectivity index (χ1) is 15.0. The lowest BCUT2D eigenvalue weighted by Crippen LogP contribution is -2.15. The zero-order chi connectivity index (χ0) is 22.0. The third kappa shape index (κ3) is 4.29. The van der Waals surface area contributed by atoms with Crippen LogP contribution in [0.3, 0.4) is 0 Å². The second kappa shape index (κ2) is 8.62. The predicted octanol–water partition coefficient (Wildman–Crippen LogP) is 5.47. The summed E-state index contributed by atoms with van der Waals surface area (Å²) in [5.41, 5.74) is 4.14. The van der Waals surface area contributed by atoms with Gasteiger partial charge in [-0.05, 0) is 49.7 Å². The Morgan fingerprint density at radius 3 is 2.58 bits per heavy atom. The molecule has 0 radical (unpaired) electrons. The Morgan fingerprint density at radius 2 is 1.84 bits per heavy atom. The molecule has 0 spiro atoms. The van der Waals surface area contributed by atoms with Crippen molar-refractivity contribution in [2.24, 2.45) is 0 Å². The fourth-order valence-corrected chi connectivity index (χ4v) is 3.37. The summed E-state index contributed by atoms with van der Waals surface area (Å²) < 4.78 is 6.95. The van der Waals surface area contributed by atoms with E-state index in [-0.39, 0.29) is 5.82 Å². The third-order valence-electron chi connectivity index (χ3n) is 4.84. The second-order valence-corrected chi connectivity index (χ2v) is 7.54. The van der Waals surface area contributed by atoms with Crippen LogP contribution in [0.2, 0.25) is 5.02 Å². The summed E-state index contributed by atoms with van der Waals surface area (Å²) in [7, 11) is 1.55. The van der Waals surface area contributed by atoms with E-state index in [9.17, 15) is 4.79 Å². The molecule has 1 amide bonds. The summed E-state index contributed by atoms with van der Waals surface area (Å²) in [5.74, 6) is 0.711. The molecule has 1 N–H and O–H groups in total. The summed E-state index contributed by atoms with van der Waals surface area (Å²) in [6, 6.07) is 20.7. The van der Waals surface area contributed by atoms with E-state index < -0.39 is 5.91 Å². The lowest BCUT2D eigenvalue weighted by atomic mass is 10.1. The van der Waals surface area contributed by atoms with Gasteiger partial charge in [0.15, 0.2) is 5.82 Å². The average Bonchev–Trinajstić information content (AvgIpc) is 3.22. The monoisotopic (exact) mass is 432 g/mol. The third-order valence-corrected chi connectivity index (χ3v) is 5.25. The molecular formula is C24H21ClN4O2. The van der Waals surface area contributed by atoms with E-state index in [1.165, 1.54) is 0 Å². The fourth-order valence-electron chi connectivity index (χ4n) is 3.20. The van der Waals surface area contributed by atoms with Crippen LogP contribution in [0.1, 0.15) is 21.7 Å². The topological polar surface area (TPSA) is 69.0 Å². The molecule has 0 saturated heterocycles. The molecule has 4 rings (SSSR count). The van der Waals surface area contributed by atoms with Gasteiger partial charge in [-0.2, -0.15) is 0 Å². The molecule has 3 aromatic carbocycles. The minimum Gasteiger partial charge on any atom is -0.495 e. The van der Waals surface area contributed by atoms with Crippen LogP contribution in [-0.2, 0) is 0 Å². The Balaban J connectivity index is 1.79. The molecule has 7 heteroatoms. The Labute approximate surface area is 185 Å². The summed E-state index contributed by atoms with van der Waals surface area (Å²) in [4.78, 5) is 17.5. The molecule has 4 aromatic rings. The molecule has 1 aromatic heterocycles. The maximum atomic E-state index is 13.0. The Kier molecular flexibility index (Phi) is 5.73. The highest BCUT2D eigenvalue weighted by Crippen LogP contribution is 2.27. The fraction of sp³-hybridized carbons (Fsp3) is 0.125. The quantitative estimate of drug-likeness (QED) is 0.454. The van der Waals surface area contributed by atoms with Gasteiger partial charge in [0.2, 0.25) is 5.82 Å². The molecule has 1 heterocycles. The van der Waals surface area contributed by atoms with Gasteiger partial charge in [-0.15, -0.1) is 5.10 Å². The first kappa shape index (κ1) is 20.6. The van der Waals surface area contributed by atoms with Crippen LogP contribution >= 0.6 is 11.6 Å². The van der Waals surface area contributed by atoms with E-state index in [2.05, 4.69) is 15.4 Å². The first-order valence-corrected chi connectivity index (χ1v) is 10.1. The molecule has 0 aliphatic carbocycles. The van der Waals surface area contributed by atoms with E-state index in [0.29, 0.717) is 22.3 Å². The van der Waals surface area contributed by atoms with Crippen LogP contribution in [0.5, 0.6) is 5.75 Å². The molecular weight excluding hydrogens is 412 g/mol. The van der Waals surface area contributed by atoms with Crippen LogP contribution in [0, 0.1) is 13.8 Å². The van der Waals surface area contributed by atoms with Crippen molar-refractivity contribution in [1.29, 1.82) is 0 Å². The van der Waals surface area contributed by atoms with Crippen molar-refractivity contribution in [3.8, 4) is 22.8 Å². The number of hydrogen-bond donors (Lipinski definition) is 1. The number of para-hydroxylation sites is 2. The molecule has 0 fully saturated rings. The van der Waals surface area contributed by atoms with Gasteiger partial charge in [-0.3, -0.25) is 4.79 Å². The number of nitrogens with one attached hydrogen (secondary N) is 1. The SMILES string of the molecule is COc1ccccc1NC(=O)c1nc(-c2cccc(C)c2)n(-c2ccc(C)c(Cl)c2)n1. The van der Waals surface area contributed by atoms with Crippen molar-refractivity contribution in [2.75, 3.05) is 12.4 Å². The average molecular weight is 433 g/mol. The Bertz CT molecular complexity index is 1270. The highest BCUT2D eigenvalue weighted by Gasteiger charge is 2.20. The molecule has 0 atom stereocenters. The molecule has 0 bridgehead atoms. The predicted molar refractivity (Wildman–Crippen MR) is 122 cm³/mol. The van der Waals surface area contributed by atoms with Gasteiger partial charge in [0.1, 0.15) is 5.75 Å². The number of ether oxygens (including phenoxy) is 1. The summed E-state index contributed by atoms with van der Waals surface area (Å²) >= 11 is 6.34. The highest BCUT2D eigenvalue weighted by atomic mass is 35.5. The van der Waals surface area contributed by atoms with E-state index in [0.717, 1.165) is 22.4 Å². The maximum absolute atomic E-state index is 13.0. The molecule has 156 valence electrons. The highest BCUT2D eigenvalue weighted by molar-refractivity contribution is 6.31. The lowest BCUT2D eigenvalue weighted by Gasteiger charge is -2.08. The van der Waals surface area contributed by atoms with Crippen molar-refractivity contribution in [1.82, 2.24) is 14.8 Å². The summed E-state index contributed by atoms with van der Waals surface area (Å²) in [6.07, 6.45) is 0. The van der Waals surface area contributed by atoms with E-state index in [1.807, 2.05) is 68.4 Å². The van der Waals surface area contributed by atoms with Crippen LogP contribution in [0.25, 0.3) is 17.1 Å².